The minimum atomic E-state index is -0.0385. The van der Waals surface area contributed by atoms with Gasteiger partial charge in [0.15, 0.2) is 5.16 Å². The van der Waals surface area contributed by atoms with Crippen molar-refractivity contribution in [3.05, 3.63) is 66.0 Å². The summed E-state index contributed by atoms with van der Waals surface area (Å²) in [5.74, 6) is 1.42. The number of nitrogens with zero attached hydrogens (tertiary/aromatic N) is 3. The Hall–Kier alpha value is -2.60. The number of amides is 1. The maximum Gasteiger partial charge on any atom is 0.230 e. The van der Waals surface area contributed by atoms with Crippen LogP contribution >= 0.6 is 11.8 Å². The monoisotopic (exact) mass is 406 g/mol. The molecule has 0 radical (unpaired) electrons. The number of hydrogen-bond donors (Lipinski definition) is 1. The van der Waals surface area contributed by atoms with E-state index in [2.05, 4.69) is 56.5 Å². The van der Waals surface area contributed by atoms with Crippen LogP contribution in [-0.4, -0.2) is 26.4 Å². The van der Waals surface area contributed by atoms with E-state index in [9.17, 15) is 4.79 Å². The predicted octanol–water partition coefficient (Wildman–Crippen LogP) is 4.64. The van der Waals surface area contributed by atoms with Gasteiger partial charge in [-0.2, -0.15) is 0 Å². The minimum absolute atomic E-state index is 0.0145. The van der Waals surface area contributed by atoms with Crippen LogP contribution in [0.3, 0.4) is 0 Å². The Morgan fingerprint density at radius 2 is 1.79 bits per heavy atom. The lowest BCUT2D eigenvalue weighted by Crippen LogP contribution is -2.28. The van der Waals surface area contributed by atoms with Crippen LogP contribution < -0.4 is 5.32 Å². The molecule has 3 aromatic rings. The molecule has 2 aromatic carbocycles. The number of nitrogens with one attached hydrogen (secondary N) is 1. The van der Waals surface area contributed by atoms with E-state index >= 15 is 0 Å². The van der Waals surface area contributed by atoms with E-state index in [1.807, 2.05) is 25.1 Å². The summed E-state index contributed by atoms with van der Waals surface area (Å²) in [6.07, 6.45) is 4.54. The molecule has 0 fully saturated rings. The van der Waals surface area contributed by atoms with Gasteiger partial charge in [-0.05, 0) is 36.5 Å². The molecular weight excluding hydrogens is 380 g/mol. The summed E-state index contributed by atoms with van der Waals surface area (Å²) in [6, 6.07) is 18.6. The lowest BCUT2D eigenvalue weighted by molar-refractivity contribution is -0.119. The molecule has 0 spiro atoms. The number of carbonyl (C=O) groups is 1. The number of aryl methyl sites for hydroxylation is 1. The summed E-state index contributed by atoms with van der Waals surface area (Å²) in [5.41, 5.74) is 3.47. The maximum absolute atomic E-state index is 12.5. The molecule has 5 nitrogen and oxygen atoms in total. The van der Waals surface area contributed by atoms with Gasteiger partial charge in [-0.3, -0.25) is 4.79 Å². The molecule has 29 heavy (non-hydrogen) atoms. The average Bonchev–Trinajstić information content (AvgIpc) is 2.99. The van der Waals surface area contributed by atoms with Crippen molar-refractivity contribution >= 4 is 17.7 Å². The number of thioether (sulfide) groups is 1. The molecule has 1 amide bonds. The summed E-state index contributed by atoms with van der Waals surface area (Å²) in [4.78, 5) is 12.5. The van der Waals surface area contributed by atoms with E-state index in [1.165, 1.54) is 35.7 Å². The van der Waals surface area contributed by atoms with Crippen LogP contribution in [-0.2, 0) is 17.8 Å². The first-order chi connectivity index (χ1) is 14.2. The van der Waals surface area contributed by atoms with Crippen molar-refractivity contribution in [1.29, 1.82) is 0 Å². The molecule has 1 aromatic heterocycles. The molecule has 1 aliphatic rings. The molecule has 1 N–H and O–H groups in total. The lowest BCUT2D eigenvalue weighted by atomic mass is 10.0. The van der Waals surface area contributed by atoms with Crippen LogP contribution in [0.1, 0.15) is 43.6 Å². The van der Waals surface area contributed by atoms with E-state index in [-0.39, 0.29) is 11.9 Å². The highest BCUT2D eigenvalue weighted by atomic mass is 32.2. The van der Waals surface area contributed by atoms with E-state index in [0.29, 0.717) is 5.75 Å². The van der Waals surface area contributed by atoms with Gasteiger partial charge in [0, 0.05) is 13.0 Å². The minimum Gasteiger partial charge on any atom is -0.349 e. The first kappa shape index (κ1) is 19.7. The molecule has 6 heteroatoms. The highest BCUT2D eigenvalue weighted by Gasteiger charge is 2.17. The summed E-state index contributed by atoms with van der Waals surface area (Å²) in [6.45, 7) is 2.97. The van der Waals surface area contributed by atoms with Crippen LogP contribution in [0, 0.1) is 0 Å². The van der Waals surface area contributed by atoms with Gasteiger partial charge in [-0.1, -0.05) is 72.8 Å². The fourth-order valence-electron chi connectivity index (χ4n) is 3.66. The van der Waals surface area contributed by atoms with Gasteiger partial charge in [0.1, 0.15) is 5.82 Å². The van der Waals surface area contributed by atoms with Gasteiger partial charge in [0.05, 0.1) is 11.8 Å². The third-order valence-corrected chi connectivity index (χ3v) is 6.27. The van der Waals surface area contributed by atoms with Gasteiger partial charge in [-0.15, -0.1) is 10.2 Å². The van der Waals surface area contributed by atoms with E-state index < -0.39 is 0 Å². The Bertz CT molecular complexity index is 953. The summed E-state index contributed by atoms with van der Waals surface area (Å²) < 4.78 is 2.18. The van der Waals surface area contributed by atoms with Crippen molar-refractivity contribution in [3.63, 3.8) is 0 Å². The van der Waals surface area contributed by atoms with Crippen LogP contribution in [0.25, 0.3) is 11.1 Å². The van der Waals surface area contributed by atoms with E-state index in [0.717, 1.165) is 35.9 Å². The normalized spacial score (nSPS) is 14.7. The average molecular weight is 407 g/mol. The molecular formula is C23H26N4OS. The Balaban J connectivity index is 1.32. The SMILES string of the molecule is CC(NC(=O)CSc1nnc2n1CCCCC2)c1ccc(-c2ccccc2)cc1. The molecule has 0 saturated carbocycles. The molecule has 4 rings (SSSR count). The van der Waals surface area contributed by atoms with Gasteiger partial charge in [-0.25, -0.2) is 0 Å². The second-order valence-corrected chi connectivity index (χ2v) is 8.37. The van der Waals surface area contributed by atoms with Crippen molar-refractivity contribution < 1.29 is 4.79 Å². The fourth-order valence-corrected chi connectivity index (χ4v) is 4.45. The second-order valence-electron chi connectivity index (χ2n) is 7.43. The zero-order chi connectivity index (χ0) is 20.1. The Labute approximate surface area is 175 Å². The van der Waals surface area contributed by atoms with Gasteiger partial charge in [0.2, 0.25) is 5.91 Å². The van der Waals surface area contributed by atoms with E-state index in [1.54, 1.807) is 0 Å². The Kier molecular flexibility index (Phi) is 6.30. The topological polar surface area (TPSA) is 59.8 Å². The third-order valence-electron chi connectivity index (χ3n) is 5.30. The third kappa shape index (κ3) is 4.88. The van der Waals surface area contributed by atoms with Gasteiger partial charge >= 0.3 is 0 Å². The van der Waals surface area contributed by atoms with Crippen LogP contribution in [0.15, 0.2) is 59.8 Å². The zero-order valence-corrected chi connectivity index (χ0v) is 17.5. The van der Waals surface area contributed by atoms with Gasteiger partial charge in [0.25, 0.3) is 0 Å². The number of rotatable bonds is 6. The van der Waals surface area contributed by atoms with Crippen molar-refractivity contribution in [1.82, 2.24) is 20.1 Å². The maximum atomic E-state index is 12.5. The number of hydrogen-bond acceptors (Lipinski definition) is 4. The van der Waals surface area contributed by atoms with Crippen molar-refractivity contribution in [2.24, 2.45) is 0 Å². The standard InChI is InChI=1S/C23H26N4OS/c1-17(18-11-13-20(14-12-18)19-8-4-2-5-9-19)24-22(28)16-29-23-26-25-21-10-6-3-7-15-27(21)23/h2,4-5,8-9,11-14,17H,3,6-7,10,15-16H2,1H3,(H,24,28). The number of benzene rings is 2. The molecule has 1 aliphatic heterocycles. The quantitative estimate of drug-likeness (QED) is 0.606. The lowest BCUT2D eigenvalue weighted by Gasteiger charge is -2.15. The molecule has 1 atom stereocenters. The largest absolute Gasteiger partial charge is 0.349 e. The fraction of sp³-hybridized carbons (Fsp3) is 0.348. The van der Waals surface area contributed by atoms with Crippen LogP contribution in [0.2, 0.25) is 0 Å². The molecule has 0 aliphatic carbocycles. The van der Waals surface area contributed by atoms with Crippen molar-refractivity contribution in [2.45, 2.75) is 50.4 Å². The highest BCUT2D eigenvalue weighted by molar-refractivity contribution is 7.99. The predicted molar refractivity (Wildman–Crippen MR) is 117 cm³/mol. The van der Waals surface area contributed by atoms with Crippen molar-refractivity contribution in [2.75, 3.05) is 5.75 Å². The summed E-state index contributed by atoms with van der Waals surface area (Å²) in [7, 11) is 0. The zero-order valence-electron chi connectivity index (χ0n) is 16.7. The first-order valence-electron chi connectivity index (χ1n) is 10.2. The number of carbonyl (C=O) groups excluding carboxylic acids is 1. The first-order valence-corrected chi connectivity index (χ1v) is 11.2. The number of aromatic nitrogens is 3. The second kappa shape index (κ2) is 9.27. The van der Waals surface area contributed by atoms with E-state index in [4.69, 9.17) is 0 Å². The molecule has 1 unspecified atom stereocenters. The van der Waals surface area contributed by atoms with Crippen molar-refractivity contribution in [3.8, 4) is 11.1 Å². The summed E-state index contributed by atoms with van der Waals surface area (Å²) in [5, 5.41) is 12.5. The van der Waals surface area contributed by atoms with Crippen LogP contribution in [0.4, 0.5) is 0 Å². The highest BCUT2D eigenvalue weighted by Crippen LogP contribution is 2.23. The molecule has 2 heterocycles. The Morgan fingerprint density at radius 1 is 1.03 bits per heavy atom. The molecule has 150 valence electrons. The number of fused-ring (bicyclic) bond motifs is 1. The summed E-state index contributed by atoms with van der Waals surface area (Å²) >= 11 is 1.47. The smallest absolute Gasteiger partial charge is 0.230 e. The molecule has 0 bridgehead atoms. The van der Waals surface area contributed by atoms with Crippen LogP contribution in [0.5, 0.6) is 0 Å². The molecule has 0 saturated heterocycles. The Morgan fingerprint density at radius 3 is 2.59 bits per heavy atom. The van der Waals surface area contributed by atoms with Gasteiger partial charge < -0.3 is 9.88 Å².